The molecule has 1 rings (SSSR count). The van der Waals surface area contributed by atoms with Crippen molar-refractivity contribution in [3.05, 3.63) is 28.7 Å². The normalized spacial score (nSPS) is 15.5. The fraction of sp³-hybridized carbons (Fsp3) is 0.462. The summed E-state index contributed by atoms with van der Waals surface area (Å²) in [5.74, 6) is 0.0000743. The van der Waals surface area contributed by atoms with E-state index in [9.17, 15) is 9.36 Å². The molecule has 0 aliphatic rings. The van der Waals surface area contributed by atoms with Gasteiger partial charge in [0.1, 0.15) is 11.8 Å². The van der Waals surface area contributed by atoms with Crippen molar-refractivity contribution in [1.29, 1.82) is 0 Å². The van der Waals surface area contributed by atoms with Crippen molar-refractivity contribution in [3.63, 3.8) is 0 Å². The summed E-state index contributed by atoms with van der Waals surface area (Å²) in [5.41, 5.74) is -0.279. The quantitative estimate of drug-likeness (QED) is 0.618. The van der Waals surface area contributed by atoms with Gasteiger partial charge in [-0.15, -0.1) is 0 Å². The minimum Gasteiger partial charge on any atom is -0.468 e. The van der Waals surface area contributed by atoms with Crippen LogP contribution in [0.2, 0.25) is 0 Å². The van der Waals surface area contributed by atoms with Crippen molar-refractivity contribution in [2.45, 2.75) is 32.5 Å². The van der Waals surface area contributed by atoms with Gasteiger partial charge in [0, 0.05) is 4.47 Å². The highest BCUT2D eigenvalue weighted by Gasteiger charge is 2.33. The van der Waals surface area contributed by atoms with Crippen molar-refractivity contribution >= 4 is 29.4 Å². The van der Waals surface area contributed by atoms with Gasteiger partial charge >= 0.3 is 13.5 Å². The van der Waals surface area contributed by atoms with Gasteiger partial charge in [-0.05, 0) is 31.2 Å². The van der Waals surface area contributed by atoms with E-state index in [2.05, 4.69) is 25.8 Å². The number of ether oxygens (including phenoxy) is 1. The zero-order chi connectivity index (χ0) is 15.3. The highest BCUT2D eigenvalue weighted by Crippen LogP contribution is 2.48. The first-order chi connectivity index (χ1) is 9.28. The highest BCUT2D eigenvalue weighted by atomic mass is 79.9. The summed E-state index contributed by atoms with van der Waals surface area (Å²) in [4.78, 5) is 11.4. The molecule has 0 aliphatic carbocycles. The van der Waals surface area contributed by atoms with Crippen molar-refractivity contribution in [3.8, 4) is 5.75 Å². The maximum absolute atomic E-state index is 12.8. The smallest absolute Gasteiger partial charge is 0.323 e. The topological polar surface area (TPSA) is 64.6 Å². The molecule has 0 amide bonds. The van der Waals surface area contributed by atoms with E-state index < -0.39 is 19.5 Å². The average Bonchev–Trinajstić information content (AvgIpc) is 2.40. The lowest BCUT2D eigenvalue weighted by Gasteiger charge is -2.26. The molecule has 0 aliphatic heterocycles. The Morgan fingerprint density at radius 1 is 1.25 bits per heavy atom. The standard InChI is InChI=1S/C13H19BrNO4P/c1-9(2)20(17,15-10(3)13(16)18-4)19-12-7-5-11(14)6-8-12/h5-10H,1-4H3,(H,15,17). The molecule has 0 aromatic heterocycles. The number of nitrogens with one attached hydrogen (secondary N) is 1. The summed E-state index contributed by atoms with van der Waals surface area (Å²) in [6.07, 6.45) is 0. The molecule has 5 nitrogen and oxygen atoms in total. The van der Waals surface area contributed by atoms with Gasteiger partial charge in [0.2, 0.25) is 0 Å². The van der Waals surface area contributed by atoms with Crippen LogP contribution in [-0.2, 0) is 14.1 Å². The van der Waals surface area contributed by atoms with Gasteiger partial charge in [0.15, 0.2) is 0 Å². The fourth-order valence-electron chi connectivity index (χ4n) is 1.43. The van der Waals surface area contributed by atoms with Crippen molar-refractivity contribution < 1.29 is 18.6 Å². The molecule has 0 heterocycles. The van der Waals surface area contributed by atoms with Crippen LogP contribution in [0.3, 0.4) is 0 Å². The third kappa shape index (κ3) is 4.62. The van der Waals surface area contributed by atoms with E-state index in [-0.39, 0.29) is 5.66 Å². The van der Waals surface area contributed by atoms with E-state index in [0.29, 0.717) is 5.75 Å². The summed E-state index contributed by atoms with van der Waals surface area (Å²) in [5, 5.41) is 2.75. The van der Waals surface area contributed by atoms with Gasteiger partial charge < -0.3 is 9.26 Å². The van der Waals surface area contributed by atoms with E-state index in [1.807, 2.05) is 0 Å². The highest BCUT2D eigenvalue weighted by molar-refractivity contribution is 9.10. The maximum atomic E-state index is 12.8. The zero-order valence-electron chi connectivity index (χ0n) is 11.9. The summed E-state index contributed by atoms with van der Waals surface area (Å²) < 4.78 is 24.0. The Morgan fingerprint density at radius 3 is 2.25 bits per heavy atom. The molecule has 0 bridgehead atoms. The molecule has 1 aromatic rings. The summed E-state index contributed by atoms with van der Waals surface area (Å²) in [6, 6.07) is 6.31. The monoisotopic (exact) mass is 363 g/mol. The van der Waals surface area contributed by atoms with E-state index in [1.54, 1.807) is 45.0 Å². The summed E-state index contributed by atoms with van der Waals surface area (Å²) in [6.45, 7) is 5.14. The molecule has 20 heavy (non-hydrogen) atoms. The lowest BCUT2D eigenvalue weighted by atomic mass is 10.3. The summed E-state index contributed by atoms with van der Waals surface area (Å²) >= 11 is 3.32. The first-order valence-corrected chi connectivity index (χ1v) is 8.67. The van der Waals surface area contributed by atoms with Gasteiger partial charge in [-0.25, -0.2) is 5.09 Å². The Balaban J connectivity index is 2.89. The maximum Gasteiger partial charge on any atom is 0.323 e. The number of hydrogen-bond acceptors (Lipinski definition) is 4. The van der Waals surface area contributed by atoms with Crippen LogP contribution in [0.5, 0.6) is 5.75 Å². The molecular formula is C13H19BrNO4P. The van der Waals surface area contributed by atoms with Gasteiger partial charge in [-0.3, -0.25) is 9.36 Å². The first-order valence-electron chi connectivity index (χ1n) is 6.19. The van der Waals surface area contributed by atoms with Crippen molar-refractivity contribution in [1.82, 2.24) is 5.09 Å². The minimum atomic E-state index is -3.22. The fourth-order valence-corrected chi connectivity index (χ4v) is 3.34. The second kappa shape index (κ2) is 7.25. The second-order valence-electron chi connectivity index (χ2n) is 4.61. The molecule has 7 heteroatoms. The van der Waals surface area contributed by atoms with E-state index in [1.165, 1.54) is 7.11 Å². The number of methoxy groups -OCH3 is 1. The van der Waals surface area contributed by atoms with Gasteiger partial charge in [0.05, 0.1) is 12.8 Å². The molecular weight excluding hydrogens is 345 g/mol. The number of carbonyl (C=O) groups is 1. The van der Waals surface area contributed by atoms with Crippen molar-refractivity contribution in [2.24, 2.45) is 0 Å². The van der Waals surface area contributed by atoms with Crippen molar-refractivity contribution in [2.75, 3.05) is 7.11 Å². The zero-order valence-corrected chi connectivity index (χ0v) is 14.4. The Hall–Kier alpha value is -0.840. The Bertz CT molecular complexity index is 504. The minimum absolute atomic E-state index is 0.279. The largest absolute Gasteiger partial charge is 0.468 e. The SMILES string of the molecule is COC(=O)C(C)NP(=O)(Oc1ccc(Br)cc1)C(C)C. The summed E-state index contributed by atoms with van der Waals surface area (Å²) in [7, 11) is -1.93. The lowest BCUT2D eigenvalue weighted by molar-refractivity contribution is -0.142. The first kappa shape index (κ1) is 17.2. The lowest BCUT2D eigenvalue weighted by Crippen LogP contribution is -2.36. The molecule has 0 fully saturated rings. The second-order valence-corrected chi connectivity index (χ2v) is 8.19. The van der Waals surface area contributed by atoms with E-state index >= 15 is 0 Å². The molecule has 1 N–H and O–H groups in total. The number of carbonyl (C=O) groups excluding carboxylic acids is 1. The van der Waals surface area contributed by atoms with Crippen LogP contribution in [-0.4, -0.2) is 24.8 Å². The Morgan fingerprint density at radius 2 is 1.80 bits per heavy atom. The van der Waals surface area contributed by atoms with E-state index in [0.717, 1.165) is 4.47 Å². The predicted molar refractivity (Wildman–Crippen MR) is 82.1 cm³/mol. The Labute approximate surface area is 127 Å². The Kier molecular flexibility index (Phi) is 6.24. The third-order valence-corrected chi connectivity index (χ3v) is 5.78. The molecule has 1 aromatic carbocycles. The number of rotatable bonds is 6. The number of hydrogen-bond donors (Lipinski definition) is 1. The predicted octanol–water partition coefficient (Wildman–Crippen LogP) is 3.58. The van der Waals surface area contributed by atoms with Gasteiger partial charge in [0.25, 0.3) is 0 Å². The molecule has 0 spiro atoms. The van der Waals surface area contributed by atoms with Crippen LogP contribution in [0.4, 0.5) is 0 Å². The number of halogens is 1. The van der Waals surface area contributed by atoms with Crippen LogP contribution in [0.25, 0.3) is 0 Å². The molecule has 0 saturated heterocycles. The molecule has 0 radical (unpaired) electrons. The van der Waals surface area contributed by atoms with Crippen LogP contribution >= 0.6 is 23.4 Å². The average molecular weight is 364 g/mol. The van der Waals surface area contributed by atoms with Crippen LogP contribution in [0, 0.1) is 0 Å². The van der Waals surface area contributed by atoms with E-state index in [4.69, 9.17) is 4.52 Å². The third-order valence-electron chi connectivity index (χ3n) is 2.66. The molecule has 112 valence electrons. The number of esters is 1. The van der Waals surface area contributed by atoms with Crippen LogP contribution in [0.15, 0.2) is 28.7 Å². The van der Waals surface area contributed by atoms with Gasteiger partial charge in [-0.2, -0.15) is 0 Å². The van der Waals surface area contributed by atoms with Crippen LogP contribution < -0.4 is 9.61 Å². The molecule has 2 atom stereocenters. The van der Waals surface area contributed by atoms with Gasteiger partial charge in [-0.1, -0.05) is 29.8 Å². The van der Waals surface area contributed by atoms with Crippen LogP contribution in [0.1, 0.15) is 20.8 Å². The molecule has 2 unspecified atom stereocenters. The molecule has 0 saturated carbocycles. The number of benzene rings is 1.